The average molecular weight is 445 g/mol. The van der Waals surface area contributed by atoms with E-state index in [2.05, 4.69) is 20.5 Å². The normalized spacial score (nSPS) is 15.8. The first-order chi connectivity index (χ1) is 13.8. The first-order valence-electron chi connectivity index (χ1n) is 7.89. The number of hydrogen-bond acceptors (Lipinski definition) is 7. The highest BCUT2D eigenvalue weighted by atomic mass is 35.5. The number of ether oxygens (including phenoxy) is 2. The zero-order chi connectivity index (χ0) is 21.0. The van der Waals surface area contributed by atoms with Gasteiger partial charge >= 0.3 is 6.18 Å². The second kappa shape index (κ2) is 8.70. The minimum absolute atomic E-state index is 0.135. The Kier molecular flexibility index (Phi) is 6.28. The molecule has 1 amide bonds. The van der Waals surface area contributed by atoms with Crippen molar-refractivity contribution in [2.24, 2.45) is 10.2 Å². The minimum atomic E-state index is -4.58. The molecule has 0 radical (unpaired) electrons. The number of nitrogens with one attached hydrogen (secondary N) is 1. The monoisotopic (exact) mass is 444 g/mol. The summed E-state index contributed by atoms with van der Waals surface area (Å²) in [5.74, 6) is 0.278. The minimum Gasteiger partial charge on any atom is -0.493 e. The van der Waals surface area contributed by atoms with E-state index in [9.17, 15) is 18.0 Å². The van der Waals surface area contributed by atoms with E-state index in [4.69, 9.17) is 21.1 Å². The molecule has 1 saturated heterocycles. The molecule has 0 unspecified atom stereocenters. The van der Waals surface area contributed by atoms with Crippen molar-refractivity contribution < 1.29 is 27.4 Å². The summed E-state index contributed by atoms with van der Waals surface area (Å²) in [7, 11) is 1.40. The van der Waals surface area contributed by atoms with Crippen LogP contribution in [0.25, 0.3) is 0 Å². The van der Waals surface area contributed by atoms with Crippen LogP contribution in [0.2, 0.25) is 5.02 Å². The number of hydrogen-bond donors (Lipinski definition) is 1. The van der Waals surface area contributed by atoms with Gasteiger partial charge in [0.1, 0.15) is 5.02 Å². The molecule has 0 aliphatic carbocycles. The van der Waals surface area contributed by atoms with Gasteiger partial charge in [-0.15, -0.1) is 5.10 Å². The number of halogens is 4. The molecule has 1 aromatic carbocycles. The molecule has 0 bridgehead atoms. The molecule has 1 aliphatic heterocycles. The van der Waals surface area contributed by atoms with E-state index in [0.717, 1.165) is 6.07 Å². The van der Waals surface area contributed by atoms with E-state index >= 15 is 0 Å². The molecule has 0 atom stereocenters. The van der Waals surface area contributed by atoms with E-state index in [0.29, 0.717) is 16.9 Å². The van der Waals surface area contributed by atoms with E-state index in [1.54, 1.807) is 18.2 Å². The molecule has 2 heterocycles. The molecule has 12 heteroatoms. The van der Waals surface area contributed by atoms with Crippen molar-refractivity contribution in [2.75, 3.05) is 12.9 Å². The number of alkyl halides is 3. The van der Waals surface area contributed by atoms with Crippen LogP contribution in [0.1, 0.15) is 11.1 Å². The number of rotatable bonds is 5. The maximum absolute atomic E-state index is 12.8. The van der Waals surface area contributed by atoms with Crippen LogP contribution < -0.4 is 14.8 Å². The SMILES string of the molecule is COc1cccc(C=NN=C2NC(=O)CS2)c1Oc1ncc(C(F)(F)F)cc1Cl. The highest BCUT2D eigenvalue weighted by Gasteiger charge is 2.32. The lowest BCUT2D eigenvalue weighted by Gasteiger charge is -2.14. The second-order valence-corrected chi connectivity index (χ2v) is 6.85. The zero-order valence-corrected chi connectivity index (χ0v) is 16.2. The van der Waals surface area contributed by atoms with E-state index in [1.807, 2.05) is 0 Å². The van der Waals surface area contributed by atoms with E-state index in [-0.39, 0.29) is 34.1 Å². The fourth-order valence-electron chi connectivity index (χ4n) is 2.18. The summed E-state index contributed by atoms with van der Waals surface area (Å²) in [5, 5.41) is 10.3. The van der Waals surface area contributed by atoms with Gasteiger partial charge in [-0.05, 0) is 18.2 Å². The lowest BCUT2D eigenvalue weighted by atomic mass is 10.2. The fourth-order valence-corrected chi connectivity index (χ4v) is 3.02. The number of benzene rings is 1. The van der Waals surface area contributed by atoms with Crippen LogP contribution in [0, 0.1) is 0 Å². The van der Waals surface area contributed by atoms with Crippen LogP contribution in [0.4, 0.5) is 13.2 Å². The quantitative estimate of drug-likeness (QED) is 0.554. The van der Waals surface area contributed by atoms with Crippen LogP contribution in [-0.4, -0.2) is 35.1 Å². The summed E-state index contributed by atoms with van der Waals surface area (Å²) in [6, 6.07) is 5.59. The molecule has 0 spiro atoms. The molecule has 3 rings (SSSR count). The third kappa shape index (κ3) is 5.18. The lowest BCUT2D eigenvalue weighted by Crippen LogP contribution is -2.19. The van der Waals surface area contributed by atoms with Gasteiger partial charge in [-0.2, -0.15) is 18.3 Å². The highest BCUT2D eigenvalue weighted by molar-refractivity contribution is 8.15. The van der Waals surface area contributed by atoms with Gasteiger partial charge in [0.25, 0.3) is 0 Å². The number of aromatic nitrogens is 1. The lowest BCUT2D eigenvalue weighted by molar-refractivity contribution is -0.137. The van der Waals surface area contributed by atoms with Gasteiger partial charge in [-0.1, -0.05) is 29.4 Å². The number of para-hydroxylation sites is 1. The van der Waals surface area contributed by atoms with Gasteiger partial charge < -0.3 is 14.8 Å². The maximum atomic E-state index is 12.8. The Morgan fingerprint density at radius 3 is 2.79 bits per heavy atom. The Hall–Kier alpha value is -2.79. The Balaban J connectivity index is 1.90. The molecular weight excluding hydrogens is 433 g/mol. The molecule has 29 heavy (non-hydrogen) atoms. The number of carbonyl (C=O) groups excluding carboxylic acids is 1. The largest absolute Gasteiger partial charge is 0.493 e. The average Bonchev–Trinajstić information content (AvgIpc) is 3.08. The van der Waals surface area contributed by atoms with E-state index < -0.39 is 11.7 Å². The Morgan fingerprint density at radius 1 is 1.38 bits per heavy atom. The molecule has 2 aromatic rings. The van der Waals surface area contributed by atoms with E-state index in [1.165, 1.54) is 25.1 Å². The Labute approximate surface area is 172 Å². The first kappa shape index (κ1) is 20.9. The third-order valence-corrected chi connectivity index (χ3v) is 4.63. The molecule has 1 aliphatic rings. The predicted octanol–water partition coefficient (Wildman–Crippen LogP) is 4.11. The number of nitrogens with zero attached hydrogens (tertiary/aromatic N) is 3. The topological polar surface area (TPSA) is 85.2 Å². The molecule has 1 aromatic heterocycles. The number of carbonyl (C=O) groups is 1. The van der Waals surface area contributed by atoms with Crippen molar-refractivity contribution in [3.63, 3.8) is 0 Å². The molecule has 7 nitrogen and oxygen atoms in total. The van der Waals surface area contributed by atoms with Crippen LogP contribution in [0.15, 0.2) is 40.7 Å². The summed E-state index contributed by atoms with van der Waals surface area (Å²) in [4.78, 5) is 14.8. The molecule has 152 valence electrons. The number of pyridine rings is 1. The molecule has 1 fully saturated rings. The third-order valence-electron chi connectivity index (χ3n) is 3.49. The van der Waals surface area contributed by atoms with Gasteiger partial charge in [0, 0.05) is 11.8 Å². The molecule has 0 saturated carbocycles. The van der Waals surface area contributed by atoms with Crippen LogP contribution in [0.3, 0.4) is 0 Å². The van der Waals surface area contributed by atoms with Crippen molar-refractivity contribution in [1.82, 2.24) is 10.3 Å². The van der Waals surface area contributed by atoms with Gasteiger partial charge in [-0.3, -0.25) is 4.79 Å². The summed E-state index contributed by atoms with van der Waals surface area (Å²) >= 11 is 7.12. The van der Waals surface area contributed by atoms with Gasteiger partial charge in [0.15, 0.2) is 16.7 Å². The predicted molar refractivity (Wildman–Crippen MR) is 103 cm³/mol. The van der Waals surface area contributed by atoms with Crippen molar-refractivity contribution >= 4 is 40.7 Å². The second-order valence-electron chi connectivity index (χ2n) is 5.48. The summed E-state index contributed by atoms with van der Waals surface area (Å²) in [6.07, 6.45) is -2.62. The van der Waals surface area contributed by atoms with Crippen LogP contribution in [0.5, 0.6) is 17.4 Å². The van der Waals surface area contributed by atoms with Gasteiger partial charge in [0.05, 0.1) is 24.6 Å². The Bertz CT molecular complexity index is 998. The zero-order valence-electron chi connectivity index (χ0n) is 14.7. The number of amides is 1. The standard InChI is InChI=1S/C17H12ClF3N4O3S/c1-27-12-4-2-3-9(6-23-25-16-24-13(26)8-29-16)14(12)28-15-11(18)5-10(7-22-15)17(19,20)21/h2-7H,8H2,1H3,(H,24,25,26). The fraction of sp³-hybridized carbons (Fsp3) is 0.176. The van der Waals surface area contributed by atoms with Gasteiger partial charge in [-0.25, -0.2) is 4.98 Å². The van der Waals surface area contributed by atoms with Crippen molar-refractivity contribution in [3.05, 3.63) is 46.6 Å². The Morgan fingerprint density at radius 2 is 2.17 bits per heavy atom. The number of thioether (sulfide) groups is 1. The number of amidine groups is 1. The molecule has 1 N–H and O–H groups in total. The van der Waals surface area contributed by atoms with Crippen molar-refractivity contribution in [2.45, 2.75) is 6.18 Å². The summed E-state index contributed by atoms with van der Waals surface area (Å²) in [5.41, 5.74) is -0.593. The van der Waals surface area contributed by atoms with Crippen LogP contribution >= 0.6 is 23.4 Å². The van der Waals surface area contributed by atoms with Gasteiger partial charge in [0.2, 0.25) is 11.8 Å². The maximum Gasteiger partial charge on any atom is 0.417 e. The molecular formula is C17H12ClF3N4O3S. The summed E-state index contributed by atoms with van der Waals surface area (Å²) < 4.78 is 49.2. The number of methoxy groups -OCH3 is 1. The smallest absolute Gasteiger partial charge is 0.417 e. The summed E-state index contributed by atoms with van der Waals surface area (Å²) in [6.45, 7) is 0. The van der Waals surface area contributed by atoms with Crippen molar-refractivity contribution in [3.8, 4) is 17.4 Å². The highest BCUT2D eigenvalue weighted by Crippen LogP contribution is 2.38. The first-order valence-corrected chi connectivity index (χ1v) is 9.25. The van der Waals surface area contributed by atoms with Crippen molar-refractivity contribution in [1.29, 1.82) is 0 Å². The van der Waals surface area contributed by atoms with Crippen LogP contribution in [-0.2, 0) is 11.0 Å².